The molecule has 1 aromatic heterocycles. The molecule has 0 saturated heterocycles. The maximum atomic E-state index is 6.14. The van der Waals surface area contributed by atoms with Crippen molar-refractivity contribution in [2.75, 3.05) is 7.11 Å². The van der Waals surface area contributed by atoms with Crippen LogP contribution in [-0.4, -0.2) is 7.11 Å². The fourth-order valence-electron chi connectivity index (χ4n) is 1.47. The molecule has 1 atom stereocenters. The van der Waals surface area contributed by atoms with Gasteiger partial charge in [-0.05, 0) is 29.1 Å². The number of ether oxygens (including phenoxy) is 1. The summed E-state index contributed by atoms with van der Waals surface area (Å²) in [5, 5.41) is 2.04. The smallest absolute Gasteiger partial charge is 0.119 e. The van der Waals surface area contributed by atoms with E-state index in [9.17, 15) is 0 Å². The first-order chi connectivity index (χ1) is 7.31. The van der Waals surface area contributed by atoms with Gasteiger partial charge in [0.25, 0.3) is 0 Å². The number of hydrogen-bond donors (Lipinski definition) is 1. The summed E-state index contributed by atoms with van der Waals surface area (Å²) < 4.78 is 5.17. The van der Waals surface area contributed by atoms with E-state index in [0.29, 0.717) is 0 Å². The molecule has 0 aliphatic heterocycles. The minimum atomic E-state index is -0.0555. The second kappa shape index (κ2) is 4.47. The molecule has 0 fully saturated rings. The quantitative estimate of drug-likeness (QED) is 0.861. The van der Waals surface area contributed by atoms with Crippen LogP contribution in [0.15, 0.2) is 41.8 Å². The Hall–Kier alpha value is -1.32. The maximum Gasteiger partial charge on any atom is 0.119 e. The van der Waals surface area contributed by atoms with Crippen LogP contribution < -0.4 is 10.5 Å². The molecule has 0 saturated carbocycles. The van der Waals surface area contributed by atoms with Crippen LogP contribution in [0.3, 0.4) is 0 Å². The molecule has 0 bridgehead atoms. The third kappa shape index (κ3) is 2.19. The first-order valence-corrected chi connectivity index (χ1v) is 5.62. The molecule has 78 valence electrons. The Morgan fingerprint density at radius 1 is 1.27 bits per heavy atom. The zero-order valence-electron chi connectivity index (χ0n) is 8.51. The first kappa shape index (κ1) is 10.2. The van der Waals surface area contributed by atoms with Crippen LogP contribution in [0.1, 0.15) is 16.5 Å². The van der Waals surface area contributed by atoms with E-state index in [-0.39, 0.29) is 6.04 Å². The molecule has 0 radical (unpaired) electrons. The number of methoxy groups -OCH3 is 1. The van der Waals surface area contributed by atoms with E-state index in [0.717, 1.165) is 11.3 Å². The van der Waals surface area contributed by atoms with Gasteiger partial charge in [-0.1, -0.05) is 18.2 Å². The van der Waals surface area contributed by atoms with E-state index in [1.807, 2.05) is 35.7 Å². The Kier molecular flexibility index (Phi) is 3.04. The van der Waals surface area contributed by atoms with Gasteiger partial charge in [0.2, 0.25) is 0 Å². The molecule has 2 N–H and O–H groups in total. The van der Waals surface area contributed by atoms with E-state index in [1.165, 1.54) is 4.88 Å². The molecule has 0 aliphatic rings. The van der Waals surface area contributed by atoms with Gasteiger partial charge in [0, 0.05) is 4.88 Å². The summed E-state index contributed by atoms with van der Waals surface area (Å²) in [6.07, 6.45) is 0. The molecule has 0 unspecified atom stereocenters. The minimum Gasteiger partial charge on any atom is -0.497 e. The van der Waals surface area contributed by atoms with Gasteiger partial charge in [-0.2, -0.15) is 0 Å². The number of hydrogen-bond acceptors (Lipinski definition) is 3. The molecule has 2 rings (SSSR count). The molecule has 1 aromatic carbocycles. The molecule has 0 amide bonds. The summed E-state index contributed by atoms with van der Waals surface area (Å²) >= 11 is 1.67. The van der Waals surface area contributed by atoms with Crippen molar-refractivity contribution in [2.45, 2.75) is 6.04 Å². The standard InChI is InChI=1S/C12H13NOS/c1-14-10-5-2-4-9(8-10)12(13)11-6-3-7-15-11/h2-8,12H,13H2,1H3/t12-/m1/s1. The van der Waals surface area contributed by atoms with Crippen molar-refractivity contribution in [3.05, 3.63) is 52.2 Å². The monoisotopic (exact) mass is 219 g/mol. The summed E-state index contributed by atoms with van der Waals surface area (Å²) in [7, 11) is 1.66. The molecule has 0 aliphatic carbocycles. The Balaban J connectivity index is 2.29. The summed E-state index contributed by atoms with van der Waals surface area (Å²) in [6, 6.07) is 11.9. The zero-order chi connectivity index (χ0) is 10.7. The van der Waals surface area contributed by atoms with Crippen LogP contribution in [0.2, 0.25) is 0 Å². The minimum absolute atomic E-state index is 0.0555. The molecule has 3 heteroatoms. The highest BCUT2D eigenvalue weighted by Crippen LogP contribution is 2.25. The summed E-state index contributed by atoms with van der Waals surface area (Å²) in [5.41, 5.74) is 7.22. The van der Waals surface area contributed by atoms with Crippen LogP contribution in [0, 0.1) is 0 Å². The molecule has 2 nitrogen and oxygen atoms in total. The van der Waals surface area contributed by atoms with Gasteiger partial charge in [-0.25, -0.2) is 0 Å². The fraction of sp³-hybridized carbons (Fsp3) is 0.167. The lowest BCUT2D eigenvalue weighted by Crippen LogP contribution is -2.09. The fourth-order valence-corrected chi connectivity index (χ4v) is 2.22. The zero-order valence-corrected chi connectivity index (χ0v) is 9.33. The molecule has 2 aromatic rings. The average molecular weight is 219 g/mol. The largest absolute Gasteiger partial charge is 0.497 e. The van der Waals surface area contributed by atoms with E-state index < -0.39 is 0 Å². The highest BCUT2D eigenvalue weighted by Gasteiger charge is 2.09. The van der Waals surface area contributed by atoms with Gasteiger partial charge in [-0.15, -0.1) is 11.3 Å². The van der Waals surface area contributed by atoms with Crippen molar-refractivity contribution >= 4 is 11.3 Å². The van der Waals surface area contributed by atoms with E-state index in [4.69, 9.17) is 10.5 Å². The molecule has 15 heavy (non-hydrogen) atoms. The highest BCUT2D eigenvalue weighted by molar-refractivity contribution is 7.10. The highest BCUT2D eigenvalue weighted by atomic mass is 32.1. The number of thiophene rings is 1. The average Bonchev–Trinajstić information content (AvgIpc) is 2.81. The predicted octanol–water partition coefficient (Wildman–Crippen LogP) is 2.80. The lowest BCUT2D eigenvalue weighted by Gasteiger charge is -2.11. The molecule has 0 spiro atoms. The Morgan fingerprint density at radius 2 is 2.13 bits per heavy atom. The van der Waals surface area contributed by atoms with Gasteiger partial charge >= 0.3 is 0 Å². The SMILES string of the molecule is COc1cccc([C@@H](N)c2cccs2)c1. The second-order valence-electron chi connectivity index (χ2n) is 3.27. The molecule has 1 heterocycles. The Labute approximate surface area is 93.3 Å². The van der Waals surface area contributed by atoms with Crippen molar-refractivity contribution in [3.63, 3.8) is 0 Å². The third-order valence-corrected chi connectivity index (χ3v) is 3.26. The second-order valence-corrected chi connectivity index (χ2v) is 4.25. The van der Waals surface area contributed by atoms with Crippen molar-refractivity contribution in [1.82, 2.24) is 0 Å². The van der Waals surface area contributed by atoms with Gasteiger partial charge in [0.1, 0.15) is 5.75 Å². The van der Waals surface area contributed by atoms with E-state index in [1.54, 1.807) is 18.4 Å². The molecular weight excluding hydrogens is 206 g/mol. The van der Waals surface area contributed by atoms with Crippen molar-refractivity contribution < 1.29 is 4.74 Å². The maximum absolute atomic E-state index is 6.14. The summed E-state index contributed by atoms with van der Waals surface area (Å²) in [4.78, 5) is 1.17. The van der Waals surface area contributed by atoms with Crippen LogP contribution in [-0.2, 0) is 0 Å². The van der Waals surface area contributed by atoms with Gasteiger partial charge < -0.3 is 10.5 Å². The van der Waals surface area contributed by atoms with Crippen molar-refractivity contribution in [1.29, 1.82) is 0 Å². The van der Waals surface area contributed by atoms with Crippen LogP contribution >= 0.6 is 11.3 Å². The van der Waals surface area contributed by atoms with Crippen molar-refractivity contribution in [2.24, 2.45) is 5.73 Å². The Morgan fingerprint density at radius 3 is 2.80 bits per heavy atom. The van der Waals surface area contributed by atoms with Gasteiger partial charge in [0.15, 0.2) is 0 Å². The predicted molar refractivity (Wildman–Crippen MR) is 63.3 cm³/mol. The number of rotatable bonds is 3. The van der Waals surface area contributed by atoms with Crippen molar-refractivity contribution in [3.8, 4) is 5.75 Å². The van der Waals surface area contributed by atoms with Crippen LogP contribution in [0.25, 0.3) is 0 Å². The lowest BCUT2D eigenvalue weighted by atomic mass is 10.1. The van der Waals surface area contributed by atoms with E-state index >= 15 is 0 Å². The van der Waals surface area contributed by atoms with Crippen LogP contribution in [0.5, 0.6) is 5.75 Å². The normalized spacial score (nSPS) is 12.4. The number of nitrogens with two attached hydrogens (primary N) is 1. The third-order valence-electron chi connectivity index (χ3n) is 2.30. The van der Waals surface area contributed by atoms with Gasteiger partial charge in [0.05, 0.1) is 13.2 Å². The van der Waals surface area contributed by atoms with Gasteiger partial charge in [-0.3, -0.25) is 0 Å². The van der Waals surface area contributed by atoms with Crippen LogP contribution in [0.4, 0.5) is 0 Å². The molecular formula is C12H13NOS. The Bertz CT molecular complexity index is 425. The topological polar surface area (TPSA) is 35.2 Å². The summed E-state index contributed by atoms with van der Waals surface area (Å²) in [6.45, 7) is 0. The summed E-state index contributed by atoms with van der Waals surface area (Å²) in [5.74, 6) is 0.847. The lowest BCUT2D eigenvalue weighted by molar-refractivity contribution is 0.414. The first-order valence-electron chi connectivity index (χ1n) is 4.74. The number of benzene rings is 1. The van der Waals surface area contributed by atoms with E-state index in [2.05, 4.69) is 6.07 Å².